The van der Waals surface area contributed by atoms with Gasteiger partial charge in [-0.15, -0.1) is 0 Å². The molecule has 102 valence electrons. The van der Waals surface area contributed by atoms with Crippen LogP contribution in [0.1, 0.15) is 43.9 Å². The van der Waals surface area contributed by atoms with Crippen LogP contribution in [-0.4, -0.2) is 29.7 Å². The van der Waals surface area contributed by atoms with Crippen molar-refractivity contribution in [1.29, 1.82) is 0 Å². The highest BCUT2D eigenvalue weighted by Gasteiger charge is 2.22. The molecule has 0 fully saturated rings. The second-order valence-electron chi connectivity index (χ2n) is 5.12. The fourth-order valence-electron chi connectivity index (χ4n) is 2.26. The topological polar surface area (TPSA) is 23.5 Å². The number of aliphatic hydroxyl groups excluding tert-OH is 1. The molecule has 1 unspecified atom stereocenters. The lowest BCUT2D eigenvalue weighted by atomic mass is 9.93. The zero-order valence-electron chi connectivity index (χ0n) is 12.2. The zero-order valence-corrected chi connectivity index (χ0v) is 12.2. The van der Waals surface area contributed by atoms with Crippen LogP contribution in [-0.2, 0) is 19.4 Å². The molecular formula is C16H27NO. The number of rotatable bonds is 2. The molecule has 18 heavy (non-hydrogen) atoms. The Labute approximate surface area is 112 Å². The molecule has 1 aliphatic heterocycles. The van der Waals surface area contributed by atoms with Crippen molar-refractivity contribution in [1.82, 2.24) is 4.90 Å². The summed E-state index contributed by atoms with van der Waals surface area (Å²) in [4.78, 5) is 2.24. The van der Waals surface area contributed by atoms with Crippen molar-refractivity contribution in [2.75, 3.05) is 13.7 Å². The lowest BCUT2D eigenvalue weighted by molar-refractivity contribution is 0.131. The first-order chi connectivity index (χ1) is 8.65. The average Bonchev–Trinajstić information content (AvgIpc) is 2.38. The van der Waals surface area contributed by atoms with Gasteiger partial charge in [0.1, 0.15) is 0 Å². The van der Waals surface area contributed by atoms with E-state index >= 15 is 0 Å². The zero-order chi connectivity index (χ0) is 13.5. The van der Waals surface area contributed by atoms with Crippen molar-refractivity contribution >= 4 is 0 Å². The summed E-state index contributed by atoms with van der Waals surface area (Å²) >= 11 is 0. The van der Waals surface area contributed by atoms with E-state index in [-0.39, 0.29) is 6.61 Å². The monoisotopic (exact) mass is 249 g/mol. The van der Waals surface area contributed by atoms with E-state index in [2.05, 4.69) is 50.9 Å². The molecule has 1 aliphatic rings. The van der Waals surface area contributed by atoms with Crippen LogP contribution < -0.4 is 0 Å². The SMILES string of the molecule is CCC.CCc1ccc2c(c1)CN(C)C(CO)C2. The summed E-state index contributed by atoms with van der Waals surface area (Å²) in [6, 6.07) is 7.03. The van der Waals surface area contributed by atoms with Gasteiger partial charge in [-0.3, -0.25) is 4.90 Å². The second kappa shape index (κ2) is 7.55. The smallest absolute Gasteiger partial charge is 0.0590 e. The molecule has 2 rings (SSSR count). The summed E-state index contributed by atoms with van der Waals surface area (Å²) in [5.41, 5.74) is 4.25. The highest BCUT2D eigenvalue weighted by Crippen LogP contribution is 2.23. The molecule has 0 spiro atoms. The van der Waals surface area contributed by atoms with E-state index in [0.29, 0.717) is 6.04 Å². The Morgan fingerprint density at radius 3 is 2.44 bits per heavy atom. The van der Waals surface area contributed by atoms with Crippen LogP contribution >= 0.6 is 0 Å². The van der Waals surface area contributed by atoms with Gasteiger partial charge < -0.3 is 5.11 Å². The van der Waals surface area contributed by atoms with Gasteiger partial charge in [-0.25, -0.2) is 0 Å². The van der Waals surface area contributed by atoms with Gasteiger partial charge in [0.05, 0.1) is 6.61 Å². The normalized spacial score (nSPS) is 18.8. The van der Waals surface area contributed by atoms with Crippen molar-refractivity contribution in [2.45, 2.75) is 52.6 Å². The minimum atomic E-state index is 0.255. The van der Waals surface area contributed by atoms with E-state index in [1.807, 2.05) is 0 Å². The number of nitrogens with zero attached hydrogens (tertiary/aromatic N) is 1. The molecule has 1 heterocycles. The molecule has 1 aromatic rings. The van der Waals surface area contributed by atoms with Crippen molar-refractivity contribution < 1.29 is 5.11 Å². The predicted molar refractivity (Wildman–Crippen MR) is 77.8 cm³/mol. The standard InChI is InChI=1S/C13H19NO.C3H8/c1-3-10-4-5-11-7-13(9-15)14(2)8-12(11)6-10;1-3-2/h4-6,13,15H,3,7-9H2,1-2H3;3H2,1-2H3. The summed E-state index contributed by atoms with van der Waals surface area (Å²) in [6.45, 7) is 7.66. The van der Waals surface area contributed by atoms with Crippen LogP contribution in [0.5, 0.6) is 0 Å². The fraction of sp³-hybridized carbons (Fsp3) is 0.625. The number of benzene rings is 1. The number of aliphatic hydroxyl groups is 1. The Kier molecular flexibility index (Phi) is 6.37. The third-order valence-electron chi connectivity index (χ3n) is 3.39. The lowest BCUT2D eigenvalue weighted by Gasteiger charge is -2.33. The molecule has 1 aromatic carbocycles. The Hall–Kier alpha value is -0.860. The first kappa shape index (κ1) is 15.2. The maximum Gasteiger partial charge on any atom is 0.0590 e. The quantitative estimate of drug-likeness (QED) is 0.871. The van der Waals surface area contributed by atoms with Crippen molar-refractivity contribution in [3.05, 3.63) is 34.9 Å². The number of aryl methyl sites for hydroxylation is 1. The molecule has 1 N–H and O–H groups in total. The van der Waals surface area contributed by atoms with Gasteiger partial charge >= 0.3 is 0 Å². The van der Waals surface area contributed by atoms with Crippen molar-refractivity contribution in [2.24, 2.45) is 0 Å². The summed E-state index contributed by atoms with van der Waals surface area (Å²) in [5, 5.41) is 9.25. The van der Waals surface area contributed by atoms with E-state index in [0.717, 1.165) is 19.4 Å². The van der Waals surface area contributed by atoms with E-state index < -0.39 is 0 Å². The van der Waals surface area contributed by atoms with E-state index in [1.165, 1.54) is 23.1 Å². The minimum absolute atomic E-state index is 0.255. The van der Waals surface area contributed by atoms with Crippen molar-refractivity contribution in [3.8, 4) is 0 Å². The Balaban J connectivity index is 0.000000492. The number of hydrogen-bond donors (Lipinski definition) is 1. The van der Waals surface area contributed by atoms with Gasteiger partial charge in [0.15, 0.2) is 0 Å². The van der Waals surface area contributed by atoms with Crippen LogP contribution in [0, 0.1) is 0 Å². The van der Waals surface area contributed by atoms with Gasteiger partial charge in [0.25, 0.3) is 0 Å². The molecule has 0 saturated heterocycles. The third-order valence-corrected chi connectivity index (χ3v) is 3.39. The fourth-order valence-corrected chi connectivity index (χ4v) is 2.26. The average molecular weight is 249 g/mol. The summed E-state index contributed by atoms with van der Waals surface area (Å²) in [7, 11) is 2.09. The van der Waals surface area contributed by atoms with Crippen LogP contribution in [0.4, 0.5) is 0 Å². The first-order valence-corrected chi connectivity index (χ1v) is 7.07. The highest BCUT2D eigenvalue weighted by molar-refractivity contribution is 5.34. The van der Waals surface area contributed by atoms with Crippen LogP contribution in [0.25, 0.3) is 0 Å². The lowest BCUT2D eigenvalue weighted by Crippen LogP contribution is -2.39. The molecule has 1 atom stereocenters. The molecule has 2 nitrogen and oxygen atoms in total. The third kappa shape index (κ3) is 3.82. The van der Waals surface area contributed by atoms with Gasteiger partial charge in [-0.05, 0) is 36.6 Å². The largest absolute Gasteiger partial charge is 0.395 e. The number of hydrogen-bond acceptors (Lipinski definition) is 2. The molecule has 0 aliphatic carbocycles. The first-order valence-electron chi connectivity index (χ1n) is 7.07. The van der Waals surface area contributed by atoms with Gasteiger partial charge in [0, 0.05) is 12.6 Å². The molecule has 0 aromatic heterocycles. The van der Waals surface area contributed by atoms with Gasteiger partial charge in [-0.1, -0.05) is 45.4 Å². The summed E-state index contributed by atoms with van der Waals surface area (Å²) in [6.07, 6.45) is 3.33. The minimum Gasteiger partial charge on any atom is -0.395 e. The Morgan fingerprint density at radius 2 is 1.89 bits per heavy atom. The second-order valence-corrected chi connectivity index (χ2v) is 5.12. The summed E-state index contributed by atoms with van der Waals surface area (Å²) in [5.74, 6) is 0. The number of likely N-dealkylation sites (N-methyl/N-ethyl adjacent to an activating group) is 1. The van der Waals surface area contributed by atoms with Crippen LogP contribution in [0.3, 0.4) is 0 Å². The van der Waals surface area contributed by atoms with E-state index in [9.17, 15) is 5.11 Å². The maximum absolute atomic E-state index is 9.25. The van der Waals surface area contributed by atoms with Gasteiger partial charge in [-0.2, -0.15) is 0 Å². The number of fused-ring (bicyclic) bond motifs is 1. The van der Waals surface area contributed by atoms with Crippen molar-refractivity contribution in [3.63, 3.8) is 0 Å². The van der Waals surface area contributed by atoms with E-state index in [1.54, 1.807) is 0 Å². The van der Waals surface area contributed by atoms with Crippen LogP contribution in [0.15, 0.2) is 18.2 Å². The summed E-state index contributed by atoms with van der Waals surface area (Å²) < 4.78 is 0. The Bertz CT molecular complexity index is 362. The molecule has 2 heteroatoms. The molecular weight excluding hydrogens is 222 g/mol. The van der Waals surface area contributed by atoms with Crippen LogP contribution in [0.2, 0.25) is 0 Å². The molecule has 0 saturated carbocycles. The molecule has 0 bridgehead atoms. The van der Waals surface area contributed by atoms with Gasteiger partial charge in [0.2, 0.25) is 0 Å². The highest BCUT2D eigenvalue weighted by atomic mass is 16.3. The maximum atomic E-state index is 9.25. The Morgan fingerprint density at radius 1 is 1.22 bits per heavy atom. The molecule has 0 radical (unpaired) electrons. The molecule has 0 amide bonds. The van der Waals surface area contributed by atoms with E-state index in [4.69, 9.17) is 0 Å². The predicted octanol–water partition coefficient (Wildman–Crippen LogP) is 3.01.